The molecule has 7 aromatic carbocycles. The van der Waals surface area contributed by atoms with Crippen LogP contribution in [0.3, 0.4) is 0 Å². The zero-order chi connectivity index (χ0) is 42.6. The summed E-state index contributed by atoms with van der Waals surface area (Å²) in [5, 5.41) is 4.73. The second kappa shape index (κ2) is 17.9. The number of ether oxygens (including phenoxy) is 2. The molecule has 7 aromatic rings. The minimum absolute atomic E-state index is 0.0791. The molecule has 4 nitrogen and oxygen atoms in total. The highest BCUT2D eigenvalue weighted by Crippen LogP contribution is 2.52. The zero-order valence-electron chi connectivity index (χ0n) is 37.7. The maximum atomic E-state index is 6.19. The molecule has 0 radical (unpaired) electrons. The van der Waals surface area contributed by atoms with Gasteiger partial charge in [0.1, 0.15) is 11.5 Å². The lowest BCUT2D eigenvalue weighted by Crippen LogP contribution is -2.17. The van der Waals surface area contributed by atoms with Crippen LogP contribution in [0.15, 0.2) is 133 Å². The van der Waals surface area contributed by atoms with Crippen LogP contribution in [0.1, 0.15) is 103 Å². The van der Waals surface area contributed by atoms with Crippen LogP contribution in [0.25, 0.3) is 21.5 Å². The Kier molecular flexibility index (Phi) is 12.6. The molecule has 0 aliphatic carbocycles. The summed E-state index contributed by atoms with van der Waals surface area (Å²) >= 11 is 0. The molecule has 4 heteroatoms. The lowest BCUT2D eigenvalue weighted by Gasteiger charge is -2.34. The van der Waals surface area contributed by atoms with Gasteiger partial charge in [0.25, 0.3) is 0 Å². The fourth-order valence-electron chi connectivity index (χ4n) is 7.85. The van der Waals surface area contributed by atoms with E-state index in [1.165, 1.54) is 43.8 Å². The van der Waals surface area contributed by atoms with E-state index >= 15 is 0 Å². The summed E-state index contributed by atoms with van der Waals surface area (Å²) in [7, 11) is 0. The molecule has 0 spiro atoms. The van der Waals surface area contributed by atoms with Gasteiger partial charge in [-0.05, 0) is 134 Å². The number of unbranched alkanes of at least 4 members (excludes halogenated alkanes) is 2. The molecule has 7 rings (SSSR count). The molecule has 0 N–H and O–H groups in total. The third-order valence-electron chi connectivity index (χ3n) is 11.5. The van der Waals surface area contributed by atoms with Crippen LogP contribution in [-0.2, 0) is 10.8 Å². The Balaban J connectivity index is 1.60. The highest BCUT2D eigenvalue weighted by atomic mass is 16.5. The van der Waals surface area contributed by atoms with E-state index < -0.39 is 0 Å². The Bertz CT molecular complexity index is 2450. The van der Waals surface area contributed by atoms with Gasteiger partial charge in [-0.15, -0.1) is 0 Å². The number of rotatable bonds is 14. The summed E-state index contributed by atoms with van der Waals surface area (Å²) in [5.74, 6) is 1.78. The Morgan fingerprint density at radius 1 is 0.400 bits per heavy atom. The van der Waals surface area contributed by atoms with Gasteiger partial charge in [-0.3, -0.25) is 0 Å². The first-order valence-corrected chi connectivity index (χ1v) is 22.0. The molecule has 0 heterocycles. The Morgan fingerprint density at radius 3 is 1.03 bits per heavy atom. The first-order chi connectivity index (χ1) is 28.8. The van der Waals surface area contributed by atoms with E-state index in [0.717, 1.165) is 71.3 Å². The number of fused-ring (bicyclic) bond motifs is 2. The Morgan fingerprint density at radius 2 is 0.717 bits per heavy atom. The van der Waals surface area contributed by atoms with E-state index in [4.69, 9.17) is 9.47 Å². The smallest absolute Gasteiger partial charge is 0.119 e. The minimum Gasteiger partial charge on any atom is -0.494 e. The van der Waals surface area contributed by atoms with Gasteiger partial charge in [0, 0.05) is 44.3 Å². The summed E-state index contributed by atoms with van der Waals surface area (Å²) in [6.07, 6.45) is 4.27. The number of anilines is 6. The predicted molar refractivity (Wildman–Crippen MR) is 258 cm³/mol. The van der Waals surface area contributed by atoms with Crippen LogP contribution in [0.5, 0.6) is 11.5 Å². The average molecular weight is 797 g/mol. The maximum Gasteiger partial charge on any atom is 0.119 e. The molecule has 0 saturated carbocycles. The second-order valence-corrected chi connectivity index (χ2v) is 18.5. The van der Waals surface area contributed by atoms with Crippen LogP contribution in [-0.4, -0.2) is 13.2 Å². The highest BCUT2D eigenvalue weighted by molar-refractivity contribution is 6.23. The molecule has 0 fully saturated rings. The van der Waals surface area contributed by atoms with Crippen LogP contribution < -0.4 is 19.3 Å². The number of benzene rings is 7. The molecule has 0 bridgehead atoms. The van der Waals surface area contributed by atoms with E-state index in [1.807, 2.05) is 0 Å². The first kappa shape index (κ1) is 42.4. The normalized spacial score (nSPS) is 11.9. The fourth-order valence-corrected chi connectivity index (χ4v) is 7.85. The van der Waals surface area contributed by atoms with Crippen LogP contribution in [0.4, 0.5) is 34.1 Å². The number of hydrogen-bond acceptors (Lipinski definition) is 4. The van der Waals surface area contributed by atoms with E-state index in [-0.39, 0.29) is 10.8 Å². The molecule has 0 atom stereocenters. The monoisotopic (exact) mass is 796 g/mol. The van der Waals surface area contributed by atoms with Crippen molar-refractivity contribution in [3.05, 3.63) is 156 Å². The number of nitrogens with zero attached hydrogens (tertiary/aromatic N) is 2. The molecule has 0 aliphatic heterocycles. The van der Waals surface area contributed by atoms with Crippen molar-refractivity contribution in [1.82, 2.24) is 0 Å². The van der Waals surface area contributed by atoms with Crippen molar-refractivity contribution in [1.29, 1.82) is 0 Å². The Labute approximate surface area is 359 Å². The molecule has 310 valence electrons. The fraction of sp³-hybridized carbons (Fsp3) is 0.321. The summed E-state index contributed by atoms with van der Waals surface area (Å²) in [4.78, 5) is 4.93. The van der Waals surface area contributed by atoms with E-state index in [2.05, 4.69) is 212 Å². The van der Waals surface area contributed by atoms with Crippen molar-refractivity contribution in [2.75, 3.05) is 23.0 Å². The van der Waals surface area contributed by atoms with Gasteiger partial charge < -0.3 is 19.3 Å². The minimum atomic E-state index is -0.0791. The maximum absolute atomic E-state index is 6.19. The van der Waals surface area contributed by atoms with Crippen LogP contribution >= 0.6 is 0 Å². The van der Waals surface area contributed by atoms with Gasteiger partial charge in [-0.1, -0.05) is 128 Å². The van der Waals surface area contributed by atoms with E-state index in [0.29, 0.717) is 13.2 Å². The third-order valence-corrected chi connectivity index (χ3v) is 11.5. The van der Waals surface area contributed by atoms with Crippen molar-refractivity contribution in [2.24, 2.45) is 0 Å². The van der Waals surface area contributed by atoms with Crippen molar-refractivity contribution < 1.29 is 9.47 Å². The molecular weight excluding hydrogens is 733 g/mol. The summed E-state index contributed by atoms with van der Waals surface area (Å²) in [5.41, 5.74) is 11.5. The van der Waals surface area contributed by atoms with Gasteiger partial charge in [0.2, 0.25) is 0 Å². The number of hydrogen-bond donors (Lipinski definition) is 0. The highest BCUT2D eigenvalue weighted by Gasteiger charge is 2.28. The van der Waals surface area contributed by atoms with Crippen molar-refractivity contribution in [3.8, 4) is 11.5 Å². The van der Waals surface area contributed by atoms with Gasteiger partial charge in [-0.2, -0.15) is 0 Å². The van der Waals surface area contributed by atoms with Crippen LogP contribution in [0.2, 0.25) is 0 Å². The SMILES string of the molecule is CCCCOc1ccc(N(c2ccc(C)cc2)c2c3ccc(C(C)(C)C)cc3c(N(c3ccc(C)cc3)c3ccc(OCCCC)cc3)c3cc(C(C)(C)C)ccc23)cc1. The molecule has 0 unspecified atom stereocenters. The van der Waals surface area contributed by atoms with Crippen LogP contribution in [0, 0.1) is 13.8 Å². The largest absolute Gasteiger partial charge is 0.494 e. The molecule has 0 amide bonds. The summed E-state index contributed by atoms with van der Waals surface area (Å²) in [6, 6.07) is 49.6. The summed E-state index contributed by atoms with van der Waals surface area (Å²) in [6.45, 7) is 24.0. The average Bonchev–Trinajstić information content (AvgIpc) is 3.23. The molecule has 0 aromatic heterocycles. The third kappa shape index (κ3) is 9.19. The van der Waals surface area contributed by atoms with Crippen molar-refractivity contribution in [3.63, 3.8) is 0 Å². The lowest BCUT2D eigenvalue weighted by atomic mass is 9.82. The zero-order valence-corrected chi connectivity index (χ0v) is 37.7. The van der Waals surface area contributed by atoms with Gasteiger partial charge in [0.05, 0.1) is 24.6 Å². The Hall–Kier alpha value is -5.74. The standard InChI is InChI=1S/C56H64N2O2/c1-11-13-35-59-47-29-25-45(26-30-47)57(43-21-15-39(3)16-22-43)53-49-33-19-41(55(5,6)7)37-51(49)54(52-38-42(56(8,9)10)20-34-50(52)53)58(44-23-17-40(4)18-24-44)46-27-31-48(32-28-46)60-36-14-12-2/h15-34,37-38H,11-14,35-36H2,1-10H3. The van der Waals surface area contributed by atoms with Gasteiger partial charge in [-0.25, -0.2) is 0 Å². The van der Waals surface area contributed by atoms with Gasteiger partial charge in [0.15, 0.2) is 0 Å². The predicted octanol–water partition coefficient (Wildman–Crippen LogP) is 16.5. The lowest BCUT2D eigenvalue weighted by molar-refractivity contribution is 0.309. The second-order valence-electron chi connectivity index (χ2n) is 18.5. The van der Waals surface area contributed by atoms with Crippen molar-refractivity contribution >= 4 is 55.7 Å². The molecular formula is C56H64N2O2. The van der Waals surface area contributed by atoms with Gasteiger partial charge >= 0.3 is 0 Å². The number of aryl methyl sites for hydroxylation is 2. The van der Waals surface area contributed by atoms with Crippen molar-refractivity contribution in [2.45, 2.75) is 106 Å². The topological polar surface area (TPSA) is 24.9 Å². The first-order valence-electron chi connectivity index (χ1n) is 22.0. The molecule has 0 aliphatic rings. The molecule has 0 saturated heterocycles. The summed E-state index contributed by atoms with van der Waals surface area (Å²) < 4.78 is 12.4. The van der Waals surface area contributed by atoms with E-state index in [1.54, 1.807) is 0 Å². The molecule has 60 heavy (non-hydrogen) atoms. The van der Waals surface area contributed by atoms with E-state index in [9.17, 15) is 0 Å². The quantitative estimate of drug-likeness (QED) is 0.0622.